The summed E-state index contributed by atoms with van der Waals surface area (Å²) in [5.74, 6) is -1.04. The number of hydrogen-bond acceptors (Lipinski definition) is 2. The quantitative estimate of drug-likeness (QED) is 0.947. The molecule has 0 bridgehead atoms. The van der Waals surface area contributed by atoms with E-state index < -0.39 is 5.97 Å². The van der Waals surface area contributed by atoms with E-state index in [2.05, 4.69) is 15.9 Å². The standard InChI is InChI=1S/C13H10BrNO3/c14-11-3-1-2-9(6-11)7-15-8-10(13(17)18)4-5-12(15)16/h1-6,8H,7H2,(H,17,18). The van der Waals surface area contributed by atoms with E-state index in [1.165, 1.54) is 22.9 Å². The second-order valence-electron chi connectivity index (χ2n) is 3.82. The minimum absolute atomic E-state index is 0.101. The van der Waals surface area contributed by atoms with Crippen LogP contribution in [0.15, 0.2) is 51.9 Å². The van der Waals surface area contributed by atoms with Gasteiger partial charge in [0.1, 0.15) is 0 Å². The van der Waals surface area contributed by atoms with Gasteiger partial charge in [-0.25, -0.2) is 4.79 Å². The molecule has 92 valence electrons. The number of hydrogen-bond donors (Lipinski definition) is 1. The van der Waals surface area contributed by atoms with E-state index in [0.29, 0.717) is 6.54 Å². The molecule has 1 aromatic heterocycles. The smallest absolute Gasteiger partial charge is 0.337 e. The van der Waals surface area contributed by atoms with Gasteiger partial charge in [0.05, 0.1) is 12.1 Å². The first kappa shape index (κ1) is 12.6. The van der Waals surface area contributed by atoms with Crippen LogP contribution in [0.5, 0.6) is 0 Å². The van der Waals surface area contributed by atoms with E-state index in [9.17, 15) is 9.59 Å². The summed E-state index contributed by atoms with van der Waals surface area (Å²) in [6, 6.07) is 10.1. The lowest BCUT2D eigenvalue weighted by Crippen LogP contribution is -2.20. The SMILES string of the molecule is O=C(O)c1ccc(=O)n(Cc2cccc(Br)c2)c1. The lowest BCUT2D eigenvalue weighted by atomic mass is 10.2. The van der Waals surface area contributed by atoms with Gasteiger partial charge in [-0.3, -0.25) is 4.79 Å². The molecule has 18 heavy (non-hydrogen) atoms. The second kappa shape index (κ2) is 5.18. The van der Waals surface area contributed by atoms with Crippen LogP contribution in [0.2, 0.25) is 0 Å². The molecule has 0 amide bonds. The number of rotatable bonds is 3. The number of nitrogens with zero attached hydrogens (tertiary/aromatic N) is 1. The maximum Gasteiger partial charge on any atom is 0.337 e. The van der Waals surface area contributed by atoms with Crippen molar-refractivity contribution in [2.24, 2.45) is 0 Å². The summed E-state index contributed by atoms with van der Waals surface area (Å²) in [7, 11) is 0. The van der Waals surface area contributed by atoms with E-state index in [1.807, 2.05) is 24.3 Å². The van der Waals surface area contributed by atoms with Gasteiger partial charge >= 0.3 is 5.97 Å². The minimum Gasteiger partial charge on any atom is -0.478 e. The molecule has 2 rings (SSSR count). The molecule has 0 unspecified atom stereocenters. The van der Waals surface area contributed by atoms with Gasteiger partial charge < -0.3 is 9.67 Å². The van der Waals surface area contributed by atoms with Crippen molar-refractivity contribution >= 4 is 21.9 Å². The van der Waals surface area contributed by atoms with Crippen LogP contribution in [-0.4, -0.2) is 15.6 Å². The molecular formula is C13H10BrNO3. The van der Waals surface area contributed by atoms with Gasteiger partial charge in [-0.2, -0.15) is 0 Å². The Balaban J connectivity index is 2.37. The van der Waals surface area contributed by atoms with Gasteiger partial charge in [-0.1, -0.05) is 28.1 Å². The summed E-state index contributed by atoms with van der Waals surface area (Å²) in [5, 5.41) is 8.89. The third-order valence-electron chi connectivity index (χ3n) is 2.47. The fraction of sp³-hybridized carbons (Fsp3) is 0.0769. The van der Waals surface area contributed by atoms with Crippen molar-refractivity contribution in [3.8, 4) is 0 Å². The highest BCUT2D eigenvalue weighted by Gasteiger charge is 2.05. The van der Waals surface area contributed by atoms with Crippen molar-refractivity contribution in [3.63, 3.8) is 0 Å². The van der Waals surface area contributed by atoms with Crippen molar-refractivity contribution in [1.29, 1.82) is 0 Å². The van der Waals surface area contributed by atoms with Crippen LogP contribution < -0.4 is 5.56 Å². The number of aromatic carboxylic acids is 1. The third-order valence-corrected chi connectivity index (χ3v) is 2.97. The van der Waals surface area contributed by atoms with Crippen molar-refractivity contribution < 1.29 is 9.90 Å². The fourth-order valence-corrected chi connectivity index (χ4v) is 2.06. The van der Waals surface area contributed by atoms with Crippen LogP contribution in [0.1, 0.15) is 15.9 Å². The number of benzene rings is 1. The predicted octanol–water partition coefficient (Wildman–Crippen LogP) is 2.36. The summed E-state index contributed by atoms with van der Waals surface area (Å²) < 4.78 is 2.30. The van der Waals surface area contributed by atoms with Gasteiger partial charge in [-0.15, -0.1) is 0 Å². The second-order valence-corrected chi connectivity index (χ2v) is 4.73. The fourth-order valence-electron chi connectivity index (χ4n) is 1.61. The van der Waals surface area contributed by atoms with E-state index in [1.54, 1.807) is 0 Å². The van der Waals surface area contributed by atoms with E-state index >= 15 is 0 Å². The van der Waals surface area contributed by atoms with E-state index in [-0.39, 0.29) is 11.1 Å². The zero-order valence-electron chi connectivity index (χ0n) is 9.34. The molecule has 0 aliphatic heterocycles. The Morgan fingerprint density at radius 3 is 2.72 bits per heavy atom. The molecule has 2 aromatic rings. The molecule has 0 spiro atoms. The number of carbonyl (C=O) groups is 1. The van der Waals surface area contributed by atoms with Crippen LogP contribution in [0.3, 0.4) is 0 Å². The highest BCUT2D eigenvalue weighted by atomic mass is 79.9. The topological polar surface area (TPSA) is 59.3 Å². The van der Waals surface area contributed by atoms with Crippen molar-refractivity contribution in [1.82, 2.24) is 4.57 Å². The van der Waals surface area contributed by atoms with Crippen molar-refractivity contribution in [2.45, 2.75) is 6.54 Å². The number of halogens is 1. The van der Waals surface area contributed by atoms with Gasteiger partial charge in [0.15, 0.2) is 0 Å². The van der Waals surface area contributed by atoms with E-state index in [0.717, 1.165) is 10.0 Å². The predicted molar refractivity (Wildman–Crippen MR) is 70.9 cm³/mol. The molecule has 0 radical (unpaired) electrons. The summed E-state index contributed by atoms with van der Waals surface area (Å²) >= 11 is 3.35. The molecule has 0 aliphatic carbocycles. The first-order valence-electron chi connectivity index (χ1n) is 5.24. The molecule has 0 saturated heterocycles. The minimum atomic E-state index is -1.04. The molecule has 5 heteroatoms. The van der Waals surface area contributed by atoms with Crippen LogP contribution in [0.25, 0.3) is 0 Å². The molecule has 0 fully saturated rings. The van der Waals surface area contributed by atoms with Crippen LogP contribution in [0.4, 0.5) is 0 Å². The lowest BCUT2D eigenvalue weighted by Gasteiger charge is -2.07. The first-order valence-corrected chi connectivity index (χ1v) is 6.04. The summed E-state index contributed by atoms with van der Waals surface area (Å²) in [6.45, 7) is 0.347. The van der Waals surface area contributed by atoms with Crippen LogP contribution in [0, 0.1) is 0 Å². The monoisotopic (exact) mass is 307 g/mol. The van der Waals surface area contributed by atoms with Crippen LogP contribution >= 0.6 is 15.9 Å². The first-order chi connectivity index (χ1) is 8.56. The average Bonchev–Trinajstić information content (AvgIpc) is 2.31. The largest absolute Gasteiger partial charge is 0.478 e. The number of carboxylic acids is 1. The Morgan fingerprint density at radius 1 is 1.28 bits per heavy atom. The summed E-state index contributed by atoms with van der Waals surface area (Å²) in [6.07, 6.45) is 1.35. The highest BCUT2D eigenvalue weighted by molar-refractivity contribution is 9.10. The van der Waals surface area contributed by atoms with Gasteiger partial charge in [0.2, 0.25) is 0 Å². The molecule has 1 aromatic carbocycles. The van der Waals surface area contributed by atoms with Gasteiger partial charge in [0, 0.05) is 16.7 Å². The normalized spacial score (nSPS) is 10.3. The Morgan fingerprint density at radius 2 is 2.06 bits per heavy atom. The Hall–Kier alpha value is -1.88. The molecule has 1 N–H and O–H groups in total. The maximum absolute atomic E-state index is 11.6. The molecule has 0 aliphatic rings. The average molecular weight is 308 g/mol. The third kappa shape index (κ3) is 2.87. The molecular weight excluding hydrogens is 298 g/mol. The lowest BCUT2D eigenvalue weighted by molar-refractivity contribution is 0.0696. The van der Waals surface area contributed by atoms with Crippen molar-refractivity contribution in [2.75, 3.05) is 0 Å². The molecule has 4 nitrogen and oxygen atoms in total. The highest BCUT2D eigenvalue weighted by Crippen LogP contribution is 2.12. The van der Waals surface area contributed by atoms with Crippen LogP contribution in [-0.2, 0) is 6.54 Å². The summed E-state index contributed by atoms with van der Waals surface area (Å²) in [5.41, 5.74) is 0.804. The number of pyridine rings is 1. The molecule has 0 atom stereocenters. The number of aromatic nitrogens is 1. The zero-order chi connectivity index (χ0) is 13.1. The molecule has 0 saturated carbocycles. The maximum atomic E-state index is 11.6. The Kier molecular flexibility index (Phi) is 3.62. The molecule has 1 heterocycles. The number of carboxylic acid groups (broad SMARTS) is 1. The Labute approximate surface area is 112 Å². The Bertz CT molecular complexity index is 649. The van der Waals surface area contributed by atoms with Crippen molar-refractivity contribution in [3.05, 3.63) is 68.5 Å². The van der Waals surface area contributed by atoms with Gasteiger partial charge in [0.25, 0.3) is 5.56 Å². The van der Waals surface area contributed by atoms with E-state index in [4.69, 9.17) is 5.11 Å². The van der Waals surface area contributed by atoms with Gasteiger partial charge in [-0.05, 0) is 23.8 Å². The summed E-state index contributed by atoms with van der Waals surface area (Å²) in [4.78, 5) is 22.5. The zero-order valence-corrected chi connectivity index (χ0v) is 10.9.